The Bertz CT molecular complexity index is 1030. The predicted octanol–water partition coefficient (Wildman–Crippen LogP) is 4.30. The lowest BCUT2D eigenvalue weighted by Gasteiger charge is -2.09. The van der Waals surface area contributed by atoms with Gasteiger partial charge in [-0.25, -0.2) is 0 Å². The Morgan fingerprint density at radius 1 is 1.21 bits per heavy atom. The van der Waals surface area contributed by atoms with Crippen LogP contribution >= 0.6 is 11.8 Å². The van der Waals surface area contributed by atoms with Crippen LogP contribution in [0.1, 0.15) is 18.9 Å². The highest BCUT2D eigenvalue weighted by Gasteiger charge is 2.18. The van der Waals surface area contributed by atoms with Gasteiger partial charge in [-0.1, -0.05) is 54.6 Å². The molecule has 0 saturated carbocycles. The molecule has 1 amide bonds. The Labute approximate surface area is 172 Å². The van der Waals surface area contributed by atoms with Gasteiger partial charge in [-0.05, 0) is 25.5 Å². The van der Waals surface area contributed by atoms with Crippen molar-refractivity contribution in [1.29, 1.82) is 0 Å². The monoisotopic (exact) mass is 411 g/mol. The normalized spacial score (nSPS) is 10.7. The maximum absolute atomic E-state index is 12.3. The van der Waals surface area contributed by atoms with Crippen molar-refractivity contribution in [2.24, 2.45) is 0 Å². The van der Waals surface area contributed by atoms with Crippen LogP contribution in [0, 0.1) is 17.0 Å². The van der Waals surface area contributed by atoms with Gasteiger partial charge in [0.05, 0.1) is 10.7 Å². The summed E-state index contributed by atoms with van der Waals surface area (Å²) in [5, 5.41) is 22.9. The predicted molar refractivity (Wildman–Crippen MR) is 113 cm³/mol. The summed E-state index contributed by atoms with van der Waals surface area (Å²) in [5.41, 5.74) is 2.15. The molecule has 0 spiro atoms. The van der Waals surface area contributed by atoms with Gasteiger partial charge in [0.15, 0.2) is 11.0 Å². The third-order valence-electron chi connectivity index (χ3n) is 4.15. The average Bonchev–Trinajstić information content (AvgIpc) is 3.09. The van der Waals surface area contributed by atoms with Gasteiger partial charge in [-0.15, -0.1) is 10.2 Å². The summed E-state index contributed by atoms with van der Waals surface area (Å²) in [6.07, 6.45) is 0.896. The second-order valence-electron chi connectivity index (χ2n) is 6.44. The van der Waals surface area contributed by atoms with Crippen LogP contribution in [0.15, 0.2) is 53.7 Å². The number of nitro groups is 1. The minimum Gasteiger partial charge on any atom is -0.320 e. The Morgan fingerprint density at radius 2 is 2.00 bits per heavy atom. The van der Waals surface area contributed by atoms with Gasteiger partial charge in [-0.2, -0.15) is 0 Å². The molecule has 0 fully saturated rings. The average molecular weight is 411 g/mol. The van der Waals surface area contributed by atoms with Crippen molar-refractivity contribution in [3.8, 4) is 11.4 Å². The number of thioether (sulfide) groups is 1. The third-order valence-corrected chi connectivity index (χ3v) is 5.11. The molecule has 2 aromatic carbocycles. The second kappa shape index (κ2) is 9.33. The van der Waals surface area contributed by atoms with Crippen molar-refractivity contribution in [2.45, 2.75) is 32.0 Å². The number of nitrogens with zero attached hydrogens (tertiary/aromatic N) is 4. The molecule has 0 bridgehead atoms. The standard InChI is InChI=1S/C20H21N5O3S/c1-3-11-24-19(15-8-6-7-14(2)12-15)22-23-20(24)29-13-18(26)21-16-9-4-5-10-17(16)25(27)28/h4-10,12H,3,11,13H2,1-2H3,(H,21,26). The van der Waals surface area contributed by atoms with E-state index < -0.39 is 4.92 Å². The number of nitro benzene ring substituents is 1. The number of rotatable bonds is 8. The third kappa shape index (κ3) is 5.00. The van der Waals surface area contributed by atoms with Crippen LogP contribution in [0.4, 0.5) is 11.4 Å². The van der Waals surface area contributed by atoms with Crippen LogP contribution < -0.4 is 5.32 Å². The molecule has 3 rings (SSSR count). The van der Waals surface area contributed by atoms with Gasteiger partial charge < -0.3 is 9.88 Å². The van der Waals surface area contributed by atoms with Gasteiger partial charge in [0.25, 0.3) is 5.69 Å². The highest BCUT2D eigenvalue weighted by molar-refractivity contribution is 7.99. The molecular weight excluding hydrogens is 390 g/mol. The zero-order valence-corrected chi connectivity index (χ0v) is 17.0. The first kappa shape index (κ1) is 20.5. The highest BCUT2D eigenvalue weighted by atomic mass is 32.2. The minimum absolute atomic E-state index is 0.0711. The van der Waals surface area contributed by atoms with Crippen LogP contribution in [0.3, 0.4) is 0 Å². The van der Waals surface area contributed by atoms with Gasteiger partial charge >= 0.3 is 0 Å². The number of anilines is 1. The van der Waals surface area contributed by atoms with Crippen molar-refractivity contribution in [3.63, 3.8) is 0 Å². The summed E-state index contributed by atoms with van der Waals surface area (Å²) in [6.45, 7) is 4.81. The van der Waals surface area contributed by atoms with E-state index in [4.69, 9.17) is 0 Å². The summed E-state index contributed by atoms with van der Waals surface area (Å²) in [5.74, 6) is 0.492. The molecule has 3 aromatic rings. The summed E-state index contributed by atoms with van der Waals surface area (Å²) in [6, 6.07) is 14.1. The molecule has 1 N–H and O–H groups in total. The Balaban J connectivity index is 1.74. The first-order valence-corrected chi connectivity index (χ1v) is 10.1. The molecule has 1 aromatic heterocycles. The van der Waals surface area contributed by atoms with E-state index in [0.29, 0.717) is 5.16 Å². The van der Waals surface area contributed by atoms with E-state index in [9.17, 15) is 14.9 Å². The Kier molecular flexibility index (Phi) is 6.61. The fourth-order valence-corrected chi connectivity index (χ4v) is 3.64. The number of carbonyl (C=O) groups excluding carboxylic acids is 1. The summed E-state index contributed by atoms with van der Waals surface area (Å²) in [7, 11) is 0. The molecule has 9 heteroatoms. The Morgan fingerprint density at radius 3 is 2.72 bits per heavy atom. The molecule has 0 saturated heterocycles. The first-order valence-electron chi connectivity index (χ1n) is 9.16. The molecule has 29 heavy (non-hydrogen) atoms. The SMILES string of the molecule is CCCn1c(SCC(=O)Nc2ccccc2[N+](=O)[O-])nnc1-c1cccc(C)c1. The lowest BCUT2D eigenvalue weighted by molar-refractivity contribution is -0.383. The topological polar surface area (TPSA) is 103 Å². The summed E-state index contributed by atoms with van der Waals surface area (Å²) >= 11 is 1.26. The largest absolute Gasteiger partial charge is 0.320 e. The number of amides is 1. The van der Waals surface area contributed by atoms with Crippen molar-refractivity contribution in [3.05, 3.63) is 64.2 Å². The van der Waals surface area contributed by atoms with Crippen LogP contribution in [0.25, 0.3) is 11.4 Å². The minimum atomic E-state index is -0.519. The van der Waals surface area contributed by atoms with Gasteiger partial charge in [0.2, 0.25) is 5.91 Å². The maximum atomic E-state index is 12.3. The molecule has 8 nitrogen and oxygen atoms in total. The quantitative estimate of drug-likeness (QED) is 0.337. The number of para-hydroxylation sites is 2. The van der Waals surface area contributed by atoms with Gasteiger partial charge in [-0.3, -0.25) is 14.9 Å². The number of aromatic nitrogens is 3. The van der Waals surface area contributed by atoms with Crippen molar-refractivity contribution in [2.75, 3.05) is 11.1 Å². The van der Waals surface area contributed by atoms with E-state index in [1.54, 1.807) is 12.1 Å². The van der Waals surface area contributed by atoms with E-state index in [1.165, 1.54) is 23.9 Å². The van der Waals surface area contributed by atoms with Crippen molar-refractivity contribution >= 4 is 29.0 Å². The molecule has 1 heterocycles. The van der Waals surface area contributed by atoms with Crippen molar-refractivity contribution < 1.29 is 9.72 Å². The van der Waals surface area contributed by atoms with Crippen LogP contribution in [0.2, 0.25) is 0 Å². The van der Waals surface area contributed by atoms with E-state index in [1.807, 2.05) is 35.8 Å². The molecule has 0 radical (unpaired) electrons. The lowest BCUT2D eigenvalue weighted by Crippen LogP contribution is -2.15. The number of hydrogen-bond donors (Lipinski definition) is 1. The molecular formula is C20H21N5O3S. The van der Waals surface area contributed by atoms with E-state index in [-0.39, 0.29) is 23.0 Å². The fraction of sp³-hybridized carbons (Fsp3) is 0.250. The van der Waals surface area contributed by atoms with Gasteiger partial charge in [0, 0.05) is 18.2 Å². The molecule has 0 aliphatic rings. The molecule has 150 valence electrons. The zero-order valence-electron chi connectivity index (χ0n) is 16.2. The number of carbonyl (C=O) groups is 1. The Hall–Kier alpha value is -3.20. The number of benzene rings is 2. The number of hydrogen-bond acceptors (Lipinski definition) is 6. The summed E-state index contributed by atoms with van der Waals surface area (Å²) < 4.78 is 2.00. The van der Waals surface area contributed by atoms with Crippen molar-refractivity contribution in [1.82, 2.24) is 14.8 Å². The van der Waals surface area contributed by atoms with Crippen LogP contribution in [0.5, 0.6) is 0 Å². The maximum Gasteiger partial charge on any atom is 0.292 e. The highest BCUT2D eigenvalue weighted by Crippen LogP contribution is 2.26. The lowest BCUT2D eigenvalue weighted by atomic mass is 10.1. The fourth-order valence-electron chi connectivity index (χ4n) is 2.87. The first-order chi connectivity index (χ1) is 14.0. The number of aryl methyl sites for hydroxylation is 1. The molecule has 0 aliphatic heterocycles. The smallest absolute Gasteiger partial charge is 0.292 e. The van der Waals surface area contributed by atoms with E-state index in [0.717, 1.165) is 29.9 Å². The second-order valence-corrected chi connectivity index (χ2v) is 7.38. The van der Waals surface area contributed by atoms with Gasteiger partial charge in [0.1, 0.15) is 5.69 Å². The van der Waals surface area contributed by atoms with E-state index >= 15 is 0 Å². The number of nitrogens with one attached hydrogen (secondary N) is 1. The summed E-state index contributed by atoms with van der Waals surface area (Å²) in [4.78, 5) is 22.9. The van der Waals surface area contributed by atoms with Crippen LogP contribution in [-0.2, 0) is 11.3 Å². The molecule has 0 aliphatic carbocycles. The van der Waals surface area contributed by atoms with E-state index in [2.05, 4.69) is 22.4 Å². The van der Waals surface area contributed by atoms with Crippen LogP contribution in [-0.4, -0.2) is 31.3 Å². The zero-order chi connectivity index (χ0) is 20.8. The molecule has 0 unspecified atom stereocenters. The molecule has 0 atom stereocenters.